The molecule has 0 fully saturated rings. The molecule has 0 saturated carbocycles. The van der Waals surface area contributed by atoms with E-state index in [1.54, 1.807) is 0 Å². The second-order valence-corrected chi connectivity index (χ2v) is 6.46. The summed E-state index contributed by atoms with van der Waals surface area (Å²) >= 11 is 3.10. The van der Waals surface area contributed by atoms with E-state index >= 15 is 0 Å². The number of nitrogens with zero attached hydrogens (tertiary/aromatic N) is 1. The maximum atomic E-state index is 13.2. The minimum Gasteiger partial charge on any atom is -0.395 e. The monoisotopic (exact) mass is 339 g/mol. The highest BCUT2D eigenvalue weighted by Crippen LogP contribution is 2.25. The molecule has 0 spiro atoms. The van der Waals surface area contributed by atoms with Gasteiger partial charge < -0.3 is 5.11 Å². The maximum Gasteiger partial charge on any atom is 0.244 e. The van der Waals surface area contributed by atoms with Crippen molar-refractivity contribution >= 4 is 26.0 Å². The Bertz CT molecular complexity index is 501. The Labute approximate surface area is 115 Å². The zero-order chi connectivity index (χ0) is 13.8. The lowest BCUT2D eigenvalue weighted by Crippen LogP contribution is -2.34. The Morgan fingerprint density at radius 2 is 2.06 bits per heavy atom. The van der Waals surface area contributed by atoms with Crippen molar-refractivity contribution < 1.29 is 17.9 Å². The molecule has 1 N–H and O–H groups in total. The molecule has 0 atom stereocenters. The molecule has 18 heavy (non-hydrogen) atoms. The Balaban J connectivity index is 3.21. The largest absolute Gasteiger partial charge is 0.395 e. The van der Waals surface area contributed by atoms with E-state index in [-0.39, 0.29) is 24.6 Å². The molecule has 0 aromatic heterocycles. The highest BCUT2D eigenvalue weighted by molar-refractivity contribution is 9.10. The van der Waals surface area contributed by atoms with Gasteiger partial charge in [0.1, 0.15) is 5.82 Å². The Hall–Kier alpha value is -0.500. The van der Waals surface area contributed by atoms with Crippen LogP contribution in [0.25, 0.3) is 0 Å². The summed E-state index contributed by atoms with van der Waals surface area (Å²) in [4.78, 5) is -0.121. The molecule has 0 bridgehead atoms. The molecule has 0 aliphatic carbocycles. The molecule has 0 aliphatic heterocycles. The van der Waals surface area contributed by atoms with E-state index in [1.165, 1.54) is 12.1 Å². The summed E-state index contributed by atoms with van der Waals surface area (Å²) < 4.78 is 39.2. The van der Waals surface area contributed by atoms with E-state index in [0.717, 1.165) is 10.4 Å². The van der Waals surface area contributed by atoms with Gasteiger partial charge in [0.15, 0.2) is 0 Å². The molecule has 7 heteroatoms. The molecule has 0 unspecified atom stereocenters. The van der Waals surface area contributed by atoms with Crippen LogP contribution in [0.5, 0.6) is 0 Å². The Kier molecular flexibility index (Phi) is 5.71. The van der Waals surface area contributed by atoms with Crippen molar-refractivity contribution in [2.45, 2.75) is 18.2 Å². The topological polar surface area (TPSA) is 57.6 Å². The summed E-state index contributed by atoms with van der Waals surface area (Å²) in [6, 6.07) is 3.50. The maximum absolute atomic E-state index is 13.2. The number of halogens is 2. The zero-order valence-corrected chi connectivity index (χ0v) is 12.3. The molecule has 1 rings (SSSR count). The van der Waals surface area contributed by atoms with E-state index in [0.29, 0.717) is 10.9 Å². The van der Waals surface area contributed by atoms with Gasteiger partial charge in [0.2, 0.25) is 10.0 Å². The molecule has 0 aliphatic rings. The van der Waals surface area contributed by atoms with Crippen LogP contribution in [0.4, 0.5) is 4.39 Å². The van der Waals surface area contributed by atoms with Gasteiger partial charge in [-0.2, -0.15) is 4.31 Å². The Morgan fingerprint density at radius 1 is 1.39 bits per heavy atom. The van der Waals surface area contributed by atoms with E-state index in [9.17, 15) is 12.8 Å². The van der Waals surface area contributed by atoms with Crippen LogP contribution in [-0.4, -0.2) is 37.5 Å². The highest BCUT2D eigenvalue weighted by Gasteiger charge is 2.25. The van der Waals surface area contributed by atoms with Gasteiger partial charge in [-0.1, -0.05) is 6.92 Å². The number of aliphatic hydroxyl groups excluding tert-OH is 1. The third-order valence-corrected chi connectivity index (χ3v) is 5.23. The van der Waals surface area contributed by atoms with Gasteiger partial charge in [0.05, 0.1) is 11.5 Å². The molecule has 0 saturated heterocycles. The summed E-state index contributed by atoms with van der Waals surface area (Å²) in [6.45, 7) is 1.84. The van der Waals surface area contributed by atoms with Crippen molar-refractivity contribution in [3.05, 3.63) is 28.5 Å². The smallest absolute Gasteiger partial charge is 0.244 e. The van der Waals surface area contributed by atoms with E-state index in [4.69, 9.17) is 5.11 Å². The molecule has 102 valence electrons. The van der Waals surface area contributed by atoms with Crippen LogP contribution in [0.1, 0.15) is 13.3 Å². The summed E-state index contributed by atoms with van der Waals surface area (Å²) in [5.74, 6) is -0.614. The highest BCUT2D eigenvalue weighted by atomic mass is 79.9. The van der Waals surface area contributed by atoms with Gasteiger partial charge in [-0.05, 0) is 40.5 Å². The predicted octanol–water partition coefficient (Wildman–Crippen LogP) is 1.98. The number of hydrogen-bond donors (Lipinski definition) is 1. The summed E-state index contributed by atoms with van der Waals surface area (Å²) in [7, 11) is -3.79. The SMILES string of the molecule is CCCN(CCO)S(=O)(=O)c1cc(F)ccc1Br. The first-order valence-electron chi connectivity index (χ1n) is 5.49. The van der Waals surface area contributed by atoms with Crippen molar-refractivity contribution in [1.29, 1.82) is 0 Å². The molecule has 0 radical (unpaired) electrons. The van der Waals surface area contributed by atoms with Gasteiger partial charge in [-0.15, -0.1) is 0 Å². The fraction of sp³-hybridized carbons (Fsp3) is 0.455. The van der Waals surface area contributed by atoms with Crippen molar-refractivity contribution in [1.82, 2.24) is 4.31 Å². The van der Waals surface area contributed by atoms with Crippen molar-refractivity contribution in [3.8, 4) is 0 Å². The number of aliphatic hydroxyl groups is 1. The molecular formula is C11H15BrFNO3S. The number of benzene rings is 1. The molecule has 0 heterocycles. The predicted molar refractivity (Wildman–Crippen MR) is 70.2 cm³/mol. The molecule has 1 aromatic carbocycles. The van der Waals surface area contributed by atoms with Crippen molar-refractivity contribution in [2.24, 2.45) is 0 Å². The van der Waals surface area contributed by atoms with Crippen LogP contribution in [0, 0.1) is 5.82 Å². The third kappa shape index (κ3) is 3.50. The molecule has 4 nitrogen and oxygen atoms in total. The lowest BCUT2D eigenvalue weighted by Gasteiger charge is -2.21. The van der Waals surface area contributed by atoms with Crippen LogP contribution < -0.4 is 0 Å². The summed E-state index contributed by atoms with van der Waals surface area (Å²) in [5.41, 5.74) is 0. The fourth-order valence-corrected chi connectivity index (χ4v) is 3.99. The van der Waals surface area contributed by atoms with E-state index in [1.807, 2.05) is 6.92 Å². The van der Waals surface area contributed by atoms with Gasteiger partial charge >= 0.3 is 0 Å². The number of rotatable bonds is 6. The van der Waals surface area contributed by atoms with E-state index in [2.05, 4.69) is 15.9 Å². The first-order valence-corrected chi connectivity index (χ1v) is 7.72. The minimum absolute atomic E-state index is 0.000866. The summed E-state index contributed by atoms with van der Waals surface area (Å²) in [6.07, 6.45) is 0.617. The molecule has 0 amide bonds. The van der Waals surface area contributed by atoms with Gasteiger partial charge in [0.25, 0.3) is 0 Å². The average Bonchev–Trinajstić information content (AvgIpc) is 2.32. The summed E-state index contributed by atoms with van der Waals surface area (Å²) in [5, 5.41) is 8.91. The standard InChI is InChI=1S/C11H15BrFNO3S/c1-2-5-14(6-7-15)18(16,17)11-8-9(13)3-4-10(11)12/h3-4,8,15H,2,5-7H2,1H3. The second-order valence-electron chi connectivity index (χ2n) is 3.70. The van der Waals surface area contributed by atoms with Crippen molar-refractivity contribution in [3.63, 3.8) is 0 Å². The first-order chi connectivity index (χ1) is 8.43. The number of hydrogen-bond acceptors (Lipinski definition) is 3. The Morgan fingerprint density at radius 3 is 2.61 bits per heavy atom. The minimum atomic E-state index is -3.79. The van der Waals surface area contributed by atoms with E-state index < -0.39 is 15.8 Å². The second kappa shape index (κ2) is 6.60. The van der Waals surface area contributed by atoms with Crippen LogP contribution in [-0.2, 0) is 10.0 Å². The lowest BCUT2D eigenvalue weighted by molar-refractivity contribution is 0.253. The fourth-order valence-electron chi connectivity index (χ4n) is 1.53. The quantitative estimate of drug-likeness (QED) is 0.862. The normalized spacial score (nSPS) is 12.1. The van der Waals surface area contributed by atoms with Crippen LogP contribution in [0.2, 0.25) is 0 Å². The van der Waals surface area contributed by atoms with Crippen LogP contribution in [0.3, 0.4) is 0 Å². The number of sulfonamides is 1. The molecular weight excluding hydrogens is 325 g/mol. The third-order valence-electron chi connectivity index (χ3n) is 2.33. The van der Waals surface area contributed by atoms with Crippen LogP contribution >= 0.6 is 15.9 Å². The van der Waals surface area contributed by atoms with Crippen LogP contribution in [0.15, 0.2) is 27.6 Å². The van der Waals surface area contributed by atoms with Gasteiger partial charge in [-0.3, -0.25) is 0 Å². The molecule has 1 aromatic rings. The average molecular weight is 340 g/mol. The zero-order valence-electron chi connectivity index (χ0n) is 9.94. The first kappa shape index (κ1) is 15.6. The van der Waals surface area contributed by atoms with Crippen molar-refractivity contribution in [2.75, 3.05) is 19.7 Å². The van der Waals surface area contributed by atoms with Gasteiger partial charge in [-0.25, -0.2) is 12.8 Å². The lowest BCUT2D eigenvalue weighted by atomic mass is 10.3. The van der Waals surface area contributed by atoms with Gasteiger partial charge in [0, 0.05) is 17.6 Å².